The van der Waals surface area contributed by atoms with Gasteiger partial charge in [-0.3, -0.25) is 9.47 Å². The highest BCUT2D eigenvalue weighted by molar-refractivity contribution is 7.71. The number of methoxy groups -OCH3 is 1. The molecule has 3 rings (SSSR count). The molecule has 130 valence electrons. The lowest BCUT2D eigenvalue weighted by molar-refractivity contribution is 0.243. The lowest BCUT2D eigenvalue weighted by atomic mass is 10.2. The van der Waals surface area contributed by atoms with E-state index in [1.54, 1.807) is 7.11 Å². The van der Waals surface area contributed by atoms with Crippen LogP contribution in [0, 0.1) is 11.7 Å². The Kier molecular flexibility index (Phi) is 5.31. The van der Waals surface area contributed by atoms with E-state index < -0.39 is 0 Å². The van der Waals surface area contributed by atoms with Crippen LogP contribution >= 0.6 is 12.2 Å². The molecule has 0 fully saturated rings. The molecule has 0 spiro atoms. The summed E-state index contributed by atoms with van der Waals surface area (Å²) < 4.78 is 9.76. The van der Waals surface area contributed by atoms with Gasteiger partial charge in [-0.25, -0.2) is 4.68 Å². The Bertz CT molecular complexity index is 884. The molecule has 0 saturated carbocycles. The van der Waals surface area contributed by atoms with Crippen molar-refractivity contribution < 1.29 is 4.74 Å². The van der Waals surface area contributed by atoms with E-state index in [2.05, 4.69) is 29.2 Å². The second kappa shape index (κ2) is 7.63. The Labute approximate surface area is 153 Å². The predicted molar refractivity (Wildman–Crippen MR) is 102 cm³/mol. The molecule has 0 N–H and O–H groups in total. The Morgan fingerprint density at radius 1 is 1.08 bits per heavy atom. The zero-order chi connectivity index (χ0) is 17.8. The first kappa shape index (κ1) is 17.4. The molecule has 25 heavy (non-hydrogen) atoms. The van der Waals surface area contributed by atoms with Crippen molar-refractivity contribution in [1.29, 1.82) is 0 Å². The van der Waals surface area contributed by atoms with E-state index in [-0.39, 0.29) is 0 Å². The van der Waals surface area contributed by atoms with Gasteiger partial charge in [0.1, 0.15) is 11.6 Å². The summed E-state index contributed by atoms with van der Waals surface area (Å²) in [6.45, 7) is 3.41. The molecular weight excluding hydrogens is 332 g/mol. The van der Waals surface area contributed by atoms with Crippen molar-refractivity contribution in [1.82, 2.24) is 19.2 Å². The fraction of sp³-hybridized carbons (Fsp3) is 0.263. The molecule has 0 aliphatic heterocycles. The van der Waals surface area contributed by atoms with Gasteiger partial charge in [-0.2, -0.15) is 5.10 Å². The molecule has 0 bridgehead atoms. The fourth-order valence-electron chi connectivity index (χ4n) is 2.80. The molecular formula is C19H22N4OS. The number of hydrogen-bond acceptors (Lipinski definition) is 4. The van der Waals surface area contributed by atoms with Crippen LogP contribution in [-0.4, -0.2) is 33.4 Å². The van der Waals surface area contributed by atoms with Crippen molar-refractivity contribution in [2.24, 2.45) is 0 Å². The highest BCUT2D eigenvalue weighted by atomic mass is 32.1. The number of benzene rings is 2. The van der Waals surface area contributed by atoms with Gasteiger partial charge in [0.2, 0.25) is 4.77 Å². The fourth-order valence-corrected chi connectivity index (χ4v) is 3.14. The van der Waals surface area contributed by atoms with Crippen LogP contribution in [0.5, 0.6) is 5.75 Å². The zero-order valence-corrected chi connectivity index (χ0v) is 15.5. The third kappa shape index (κ3) is 3.97. The second-order valence-corrected chi connectivity index (χ2v) is 6.37. The molecule has 3 aromatic rings. The normalized spacial score (nSPS) is 11.0. The summed E-state index contributed by atoms with van der Waals surface area (Å²) in [6.07, 6.45) is 0. The highest BCUT2D eigenvalue weighted by Crippen LogP contribution is 2.14. The number of hydrogen-bond donors (Lipinski definition) is 0. The number of para-hydroxylation sites is 1. The van der Waals surface area contributed by atoms with Crippen molar-refractivity contribution >= 4 is 12.2 Å². The van der Waals surface area contributed by atoms with Crippen LogP contribution in [0.25, 0.3) is 5.69 Å². The number of aromatic nitrogens is 3. The molecule has 2 aromatic carbocycles. The maximum absolute atomic E-state index is 5.63. The minimum absolute atomic E-state index is 0.630. The zero-order valence-electron chi connectivity index (χ0n) is 14.7. The van der Waals surface area contributed by atoms with Crippen LogP contribution in [-0.2, 0) is 13.2 Å². The number of rotatable bonds is 6. The summed E-state index contributed by atoms with van der Waals surface area (Å²) >= 11 is 5.63. The molecule has 0 atom stereocenters. The minimum atomic E-state index is 0.630. The first-order valence-corrected chi connectivity index (χ1v) is 8.52. The standard InChI is InChI=1S/C19H22N4OS/c1-15-20-22(19(25)23(15)17-7-5-4-6-8-17)14-21(2)13-16-9-11-18(24-3)12-10-16/h4-12H,13-14H2,1-3H3. The summed E-state index contributed by atoms with van der Waals surface area (Å²) in [5, 5.41) is 4.61. The Morgan fingerprint density at radius 2 is 1.76 bits per heavy atom. The van der Waals surface area contributed by atoms with E-state index in [0.29, 0.717) is 11.4 Å². The third-order valence-corrected chi connectivity index (χ3v) is 4.40. The van der Waals surface area contributed by atoms with Crippen LogP contribution in [0.1, 0.15) is 11.4 Å². The van der Waals surface area contributed by atoms with Gasteiger partial charge in [-0.15, -0.1) is 0 Å². The van der Waals surface area contributed by atoms with E-state index in [4.69, 9.17) is 17.0 Å². The number of aryl methyl sites for hydroxylation is 1. The Morgan fingerprint density at radius 3 is 2.40 bits per heavy atom. The number of ether oxygens (including phenoxy) is 1. The monoisotopic (exact) mass is 354 g/mol. The SMILES string of the molecule is COc1ccc(CN(C)Cn2nc(C)n(-c3ccccc3)c2=S)cc1. The summed E-state index contributed by atoms with van der Waals surface area (Å²) in [5.41, 5.74) is 2.25. The van der Waals surface area contributed by atoms with Crippen LogP contribution in [0.15, 0.2) is 54.6 Å². The maximum Gasteiger partial charge on any atom is 0.203 e. The molecule has 0 unspecified atom stereocenters. The van der Waals surface area contributed by atoms with Crippen molar-refractivity contribution in [2.75, 3.05) is 14.2 Å². The van der Waals surface area contributed by atoms with E-state index in [9.17, 15) is 0 Å². The predicted octanol–water partition coefficient (Wildman–Crippen LogP) is 3.81. The van der Waals surface area contributed by atoms with Crippen LogP contribution in [0.3, 0.4) is 0 Å². The van der Waals surface area contributed by atoms with Crippen molar-refractivity contribution in [2.45, 2.75) is 20.1 Å². The van der Waals surface area contributed by atoms with E-state index in [0.717, 1.165) is 23.8 Å². The molecule has 0 aliphatic carbocycles. The molecule has 1 heterocycles. The lowest BCUT2D eigenvalue weighted by Gasteiger charge is -2.16. The first-order chi connectivity index (χ1) is 12.1. The summed E-state index contributed by atoms with van der Waals surface area (Å²) in [6, 6.07) is 18.2. The summed E-state index contributed by atoms with van der Waals surface area (Å²) in [4.78, 5) is 2.18. The molecule has 0 amide bonds. The first-order valence-electron chi connectivity index (χ1n) is 8.12. The summed E-state index contributed by atoms with van der Waals surface area (Å²) in [5.74, 6) is 1.75. The second-order valence-electron chi connectivity index (χ2n) is 6.00. The van der Waals surface area contributed by atoms with Crippen LogP contribution in [0.2, 0.25) is 0 Å². The van der Waals surface area contributed by atoms with Gasteiger partial charge in [0.25, 0.3) is 0 Å². The molecule has 6 heteroatoms. The van der Waals surface area contributed by atoms with Gasteiger partial charge in [-0.05, 0) is 56.0 Å². The van der Waals surface area contributed by atoms with Gasteiger partial charge < -0.3 is 4.74 Å². The third-order valence-electron chi connectivity index (χ3n) is 4.00. The Balaban J connectivity index is 1.75. The average molecular weight is 354 g/mol. The van der Waals surface area contributed by atoms with Gasteiger partial charge in [-0.1, -0.05) is 30.3 Å². The van der Waals surface area contributed by atoms with E-state index in [1.807, 2.05) is 58.6 Å². The van der Waals surface area contributed by atoms with Crippen LogP contribution in [0.4, 0.5) is 0 Å². The molecule has 1 aromatic heterocycles. The topological polar surface area (TPSA) is 35.2 Å². The van der Waals surface area contributed by atoms with Crippen molar-refractivity contribution in [3.05, 3.63) is 70.8 Å². The molecule has 0 aliphatic rings. The van der Waals surface area contributed by atoms with Gasteiger partial charge in [0.15, 0.2) is 0 Å². The van der Waals surface area contributed by atoms with Crippen molar-refractivity contribution in [3.63, 3.8) is 0 Å². The highest BCUT2D eigenvalue weighted by Gasteiger charge is 2.10. The lowest BCUT2D eigenvalue weighted by Crippen LogP contribution is -2.22. The average Bonchev–Trinajstić information content (AvgIpc) is 2.89. The van der Waals surface area contributed by atoms with E-state index in [1.165, 1.54) is 5.56 Å². The molecule has 0 radical (unpaired) electrons. The van der Waals surface area contributed by atoms with Gasteiger partial charge in [0.05, 0.1) is 13.8 Å². The molecule has 0 saturated heterocycles. The smallest absolute Gasteiger partial charge is 0.203 e. The van der Waals surface area contributed by atoms with Crippen molar-refractivity contribution in [3.8, 4) is 11.4 Å². The molecule has 5 nitrogen and oxygen atoms in total. The van der Waals surface area contributed by atoms with Gasteiger partial charge >= 0.3 is 0 Å². The van der Waals surface area contributed by atoms with E-state index >= 15 is 0 Å². The minimum Gasteiger partial charge on any atom is -0.497 e. The number of nitrogens with zero attached hydrogens (tertiary/aromatic N) is 4. The quantitative estimate of drug-likeness (QED) is 0.631. The van der Waals surface area contributed by atoms with Crippen LogP contribution < -0.4 is 4.74 Å². The van der Waals surface area contributed by atoms with Gasteiger partial charge in [0, 0.05) is 12.2 Å². The maximum atomic E-state index is 5.63. The summed E-state index contributed by atoms with van der Waals surface area (Å²) in [7, 11) is 3.73. The Hall–Kier alpha value is -2.44. The largest absolute Gasteiger partial charge is 0.497 e.